The number of hydrogen-bond donors (Lipinski definition) is 6. The third-order valence-corrected chi connectivity index (χ3v) is 9.41. The van der Waals surface area contributed by atoms with Crippen molar-refractivity contribution < 1.29 is 40.1 Å². The van der Waals surface area contributed by atoms with Crippen LogP contribution >= 0.6 is 0 Å². The van der Waals surface area contributed by atoms with Crippen LogP contribution < -0.4 is 9.47 Å². The first-order valence-corrected chi connectivity index (χ1v) is 18.3. The second kappa shape index (κ2) is 19.2. The number of phenols is 6. The molecular weight excluding hydrogens is 693 g/mol. The van der Waals surface area contributed by atoms with E-state index in [9.17, 15) is 30.6 Å². The predicted octanol–water partition coefficient (Wildman–Crippen LogP) is 10.9. The van der Waals surface area contributed by atoms with Crippen LogP contribution in [0.25, 0.3) is 22.3 Å². The van der Waals surface area contributed by atoms with E-state index in [2.05, 4.69) is 27.7 Å². The van der Waals surface area contributed by atoms with Gasteiger partial charge in [-0.15, -0.1) is 0 Å². The molecule has 6 aromatic rings. The lowest BCUT2D eigenvalue weighted by Gasteiger charge is -2.26. The Morgan fingerprint density at radius 1 is 0.436 bits per heavy atom. The monoisotopic (exact) mass is 744 g/mol. The van der Waals surface area contributed by atoms with E-state index in [1.165, 1.54) is 0 Å². The van der Waals surface area contributed by atoms with Gasteiger partial charge in [0.2, 0.25) is 0 Å². The van der Waals surface area contributed by atoms with Crippen LogP contribution in [0.1, 0.15) is 62.8 Å². The summed E-state index contributed by atoms with van der Waals surface area (Å²) in [6.45, 7) is 8.46. The summed E-state index contributed by atoms with van der Waals surface area (Å²) < 4.78 is 10.5. The predicted molar refractivity (Wildman–Crippen MR) is 220 cm³/mol. The largest absolute Gasteiger partial charge is 0.508 e. The van der Waals surface area contributed by atoms with E-state index < -0.39 is 0 Å². The summed E-state index contributed by atoms with van der Waals surface area (Å²) in [6, 6.07) is 35.5. The molecule has 8 heteroatoms. The maximum atomic E-state index is 10.2. The Morgan fingerprint density at radius 3 is 1.09 bits per heavy atom. The van der Waals surface area contributed by atoms with Gasteiger partial charge in [-0.2, -0.15) is 0 Å². The highest BCUT2D eigenvalue weighted by atomic mass is 16.5. The average molecular weight is 745 g/mol. The van der Waals surface area contributed by atoms with Gasteiger partial charge in [-0.1, -0.05) is 101 Å². The first kappa shape index (κ1) is 41.5. The maximum Gasteiger partial charge on any atom is 0.160 e. The minimum absolute atomic E-state index is 0.102. The van der Waals surface area contributed by atoms with E-state index in [0.29, 0.717) is 22.6 Å². The smallest absolute Gasteiger partial charge is 0.160 e. The summed E-state index contributed by atoms with van der Waals surface area (Å²) >= 11 is 0. The van der Waals surface area contributed by atoms with Crippen LogP contribution in [0.4, 0.5) is 0 Å². The molecule has 0 saturated heterocycles. The molecule has 8 nitrogen and oxygen atoms in total. The number of phenolic OH excluding ortho intramolecular Hbond substituents is 6. The van der Waals surface area contributed by atoms with Crippen LogP contribution in [0.15, 0.2) is 121 Å². The fraction of sp³-hybridized carbons (Fsp3) is 0.234. The van der Waals surface area contributed by atoms with Crippen molar-refractivity contribution in [3.8, 4) is 68.2 Å². The highest BCUT2D eigenvalue weighted by molar-refractivity contribution is 5.77. The molecular formula is C47H52O8. The third-order valence-electron chi connectivity index (χ3n) is 9.41. The number of ether oxygens (including phenoxy) is 2. The van der Waals surface area contributed by atoms with Gasteiger partial charge in [-0.05, 0) is 107 Å². The van der Waals surface area contributed by atoms with Crippen LogP contribution in [-0.4, -0.2) is 44.9 Å². The van der Waals surface area contributed by atoms with Gasteiger partial charge >= 0.3 is 0 Å². The number of methoxy groups -OCH3 is 2. The molecule has 6 rings (SSSR count). The average Bonchev–Trinajstić information content (AvgIpc) is 3.17. The number of aryl methyl sites for hydroxylation is 2. The van der Waals surface area contributed by atoms with Crippen molar-refractivity contribution in [1.29, 1.82) is 0 Å². The molecule has 0 bridgehead atoms. The van der Waals surface area contributed by atoms with E-state index in [1.807, 2.05) is 48.5 Å². The number of hydrogen-bond acceptors (Lipinski definition) is 8. The zero-order chi connectivity index (χ0) is 40.1. The topological polar surface area (TPSA) is 140 Å². The van der Waals surface area contributed by atoms with Crippen molar-refractivity contribution in [3.63, 3.8) is 0 Å². The van der Waals surface area contributed by atoms with Crippen molar-refractivity contribution in [2.45, 2.75) is 58.8 Å². The van der Waals surface area contributed by atoms with Crippen molar-refractivity contribution >= 4 is 0 Å². The van der Waals surface area contributed by atoms with E-state index >= 15 is 0 Å². The molecule has 0 atom stereocenters. The molecule has 0 aliphatic rings. The van der Waals surface area contributed by atoms with E-state index in [-0.39, 0.29) is 39.9 Å². The maximum absolute atomic E-state index is 10.2. The molecule has 6 aromatic carbocycles. The second-order valence-corrected chi connectivity index (χ2v) is 13.6. The zero-order valence-electron chi connectivity index (χ0n) is 32.4. The SMILES string of the molecule is CC(C)(c1ccc(O)cc1)c1ccc(O)cc1.CCCc1cc(OC)c(O)cc1-c1cc(O)c(OC)cc1CCC.Oc1ccccc1-c1ccccc1O. The van der Waals surface area contributed by atoms with Crippen molar-refractivity contribution in [3.05, 3.63) is 144 Å². The van der Waals surface area contributed by atoms with Gasteiger partial charge in [0, 0.05) is 16.5 Å². The third kappa shape index (κ3) is 10.4. The summed E-state index contributed by atoms with van der Waals surface area (Å²) in [5.74, 6) is 2.04. The van der Waals surface area contributed by atoms with E-state index in [4.69, 9.17) is 9.47 Å². The Bertz CT molecular complexity index is 1990. The van der Waals surface area contributed by atoms with Gasteiger partial charge in [-0.25, -0.2) is 0 Å². The lowest BCUT2D eigenvalue weighted by atomic mass is 9.78. The van der Waals surface area contributed by atoms with Gasteiger partial charge in [0.1, 0.15) is 23.0 Å². The van der Waals surface area contributed by atoms with Crippen molar-refractivity contribution in [2.75, 3.05) is 14.2 Å². The van der Waals surface area contributed by atoms with E-state index in [0.717, 1.165) is 59.1 Å². The molecule has 0 unspecified atom stereocenters. The Labute approximate surface area is 324 Å². The van der Waals surface area contributed by atoms with Crippen molar-refractivity contribution in [1.82, 2.24) is 0 Å². The summed E-state index contributed by atoms with van der Waals surface area (Å²) in [5, 5.41) is 58.2. The van der Waals surface area contributed by atoms with Gasteiger partial charge in [0.25, 0.3) is 0 Å². The van der Waals surface area contributed by atoms with Crippen LogP contribution in [0.2, 0.25) is 0 Å². The molecule has 0 amide bonds. The summed E-state index contributed by atoms with van der Waals surface area (Å²) in [6.07, 6.45) is 3.69. The minimum Gasteiger partial charge on any atom is -0.508 e. The van der Waals surface area contributed by atoms with Gasteiger partial charge in [0.05, 0.1) is 14.2 Å². The summed E-state index contributed by atoms with van der Waals surface area (Å²) in [7, 11) is 3.10. The normalized spacial score (nSPS) is 10.7. The highest BCUT2D eigenvalue weighted by Gasteiger charge is 2.23. The number of rotatable bonds is 10. The fourth-order valence-electron chi connectivity index (χ4n) is 6.33. The van der Waals surface area contributed by atoms with Crippen LogP contribution in [0.3, 0.4) is 0 Å². The minimum atomic E-state index is -0.151. The molecule has 0 saturated carbocycles. The van der Waals surface area contributed by atoms with Gasteiger partial charge in [0.15, 0.2) is 23.0 Å². The Hall–Kier alpha value is -6.28. The lowest BCUT2D eigenvalue weighted by Crippen LogP contribution is -2.18. The molecule has 288 valence electrons. The lowest BCUT2D eigenvalue weighted by molar-refractivity contribution is 0.372. The standard InChI is InChI=1S/C20H26O4.C15H16O2.C12H10O2/c1-5-7-13-9-19(23-3)17(21)11-15(13)16-12-18(22)20(24-4)10-14(16)8-6-2;1-15(2,11-3-7-13(16)8-4-11)12-5-9-14(17)10-6-12;13-11-7-3-1-5-9(11)10-6-2-4-8-12(10)14/h9-12,21-22H,5-8H2,1-4H3;3-10,16-17H,1-2H3;1-8,13-14H. The molecule has 0 heterocycles. The van der Waals surface area contributed by atoms with Gasteiger partial charge < -0.3 is 40.1 Å². The molecule has 0 spiro atoms. The second-order valence-electron chi connectivity index (χ2n) is 13.6. The van der Waals surface area contributed by atoms with Crippen LogP contribution in [-0.2, 0) is 18.3 Å². The van der Waals surface area contributed by atoms with Crippen LogP contribution in [0.5, 0.6) is 46.0 Å². The first-order chi connectivity index (χ1) is 26.3. The fourth-order valence-corrected chi connectivity index (χ4v) is 6.33. The number of para-hydroxylation sites is 2. The quantitative estimate of drug-likeness (QED) is 0.0815. The molecule has 0 aromatic heterocycles. The molecule has 6 N–H and O–H groups in total. The van der Waals surface area contributed by atoms with Crippen LogP contribution in [0, 0.1) is 0 Å². The van der Waals surface area contributed by atoms with E-state index in [1.54, 1.807) is 87.0 Å². The molecule has 0 aliphatic heterocycles. The summed E-state index contributed by atoms with van der Waals surface area (Å²) in [5.41, 5.74) is 7.43. The van der Waals surface area contributed by atoms with Gasteiger partial charge in [-0.3, -0.25) is 0 Å². The number of benzene rings is 6. The van der Waals surface area contributed by atoms with Crippen molar-refractivity contribution in [2.24, 2.45) is 0 Å². The summed E-state index contributed by atoms with van der Waals surface area (Å²) in [4.78, 5) is 0. The Kier molecular flexibility index (Phi) is 14.5. The Morgan fingerprint density at radius 2 is 0.782 bits per heavy atom. The zero-order valence-corrected chi connectivity index (χ0v) is 32.4. The molecule has 0 fully saturated rings. The number of aromatic hydroxyl groups is 6. The first-order valence-electron chi connectivity index (χ1n) is 18.3. The molecule has 0 aliphatic carbocycles. The Balaban J connectivity index is 0.000000191. The molecule has 55 heavy (non-hydrogen) atoms. The highest BCUT2D eigenvalue weighted by Crippen LogP contribution is 2.41. The molecule has 0 radical (unpaired) electrons.